The summed E-state index contributed by atoms with van der Waals surface area (Å²) in [6.07, 6.45) is 7.79. The number of hydrogen-bond donors (Lipinski definition) is 0. The molecule has 144 valence electrons. The second kappa shape index (κ2) is 7.64. The van der Waals surface area contributed by atoms with Gasteiger partial charge in [0, 0.05) is 50.9 Å². The van der Waals surface area contributed by atoms with Gasteiger partial charge in [-0.15, -0.1) is 0 Å². The summed E-state index contributed by atoms with van der Waals surface area (Å²) in [5.74, 6) is 1.58. The first-order valence-electron chi connectivity index (χ1n) is 9.52. The van der Waals surface area contributed by atoms with Crippen LogP contribution in [0.1, 0.15) is 31.4 Å². The molecule has 4 rings (SSSR count). The number of aromatic nitrogens is 4. The van der Waals surface area contributed by atoms with Gasteiger partial charge >= 0.3 is 0 Å². The highest BCUT2D eigenvalue weighted by Gasteiger charge is 2.36. The molecule has 0 unspecified atom stereocenters. The molecule has 0 bridgehead atoms. The van der Waals surface area contributed by atoms with Crippen LogP contribution in [0.4, 0.5) is 5.82 Å². The molecule has 1 saturated carbocycles. The van der Waals surface area contributed by atoms with Crippen molar-refractivity contribution in [3.05, 3.63) is 40.8 Å². The molecule has 2 aromatic rings. The lowest BCUT2D eigenvalue weighted by Gasteiger charge is -2.39. The zero-order chi connectivity index (χ0) is 18.8. The Bertz CT molecular complexity index is 842. The first kappa shape index (κ1) is 17.9. The van der Waals surface area contributed by atoms with Crippen LogP contribution >= 0.6 is 0 Å². The van der Waals surface area contributed by atoms with Crippen LogP contribution in [-0.2, 0) is 13.6 Å². The highest BCUT2D eigenvalue weighted by atomic mass is 16.5. The van der Waals surface area contributed by atoms with Crippen LogP contribution in [0.5, 0.6) is 5.88 Å². The summed E-state index contributed by atoms with van der Waals surface area (Å²) >= 11 is 0. The molecule has 0 aromatic carbocycles. The predicted octanol–water partition coefficient (Wildman–Crippen LogP) is 1.21. The molecule has 0 atom stereocenters. The van der Waals surface area contributed by atoms with E-state index in [2.05, 4.69) is 24.8 Å². The van der Waals surface area contributed by atoms with Crippen molar-refractivity contribution in [2.45, 2.75) is 44.3 Å². The third-order valence-electron chi connectivity index (χ3n) is 5.41. The second-order valence-electron chi connectivity index (χ2n) is 7.39. The molecule has 1 aliphatic heterocycles. The van der Waals surface area contributed by atoms with Gasteiger partial charge in [-0.2, -0.15) is 0 Å². The highest BCUT2D eigenvalue weighted by molar-refractivity contribution is 5.45. The van der Waals surface area contributed by atoms with E-state index in [0.717, 1.165) is 44.0 Å². The Morgan fingerprint density at radius 1 is 1.11 bits per heavy atom. The maximum Gasteiger partial charge on any atom is 0.253 e. The largest absolute Gasteiger partial charge is 0.481 e. The van der Waals surface area contributed by atoms with Gasteiger partial charge in [-0.1, -0.05) is 0 Å². The average Bonchev–Trinajstić information content (AvgIpc) is 3.51. The molecule has 0 amide bonds. The molecule has 1 saturated heterocycles. The van der Waals surface area contributed by atoms with Gasteiger partial charge in [0.05, 0.1) is 19.1 Å². The maximum absolute atomic E-state index is 11.8. The fourth-order valence-corrected chi connectivity index (χ4v) is 3.78. The Labute approximate surface area is 158 Å². The van der Waals surface area contributed by atoms with Crippen molar-refractivity contribution >= 4 is 5.82 Å². The molecule has 0 spiro atoms. The second-order valence-corrected chi connectivity index (χ2v) is 7.39. The van der Waals surface area contributed by atoms with Crippen LogP contribution in [0, 0.1) is 0 Å². The summed E-state index contributed by atoms with van der Waals surface area (Å²) < 4.78 is 6.77. The smallest absolute Gasteiger partial charge is 0.253 e. The van der Waals surface area contributed by atoms with Crippen molar-refractivity contribution in [3.8, 4) is 5.88 Å². The van der Waals surface area contributed by atoms with Crippen molar-refractivity contribution in [1.82, 2.24) is 24.4 Å². The third kappa shape index (κ3) is 4.10. The van der Waals surface area contributed by atoms with Gasteiger partial charge < -0.3 is 14.2 Å². The number of methoxy groups -OCH3 is 1. The van der Waals surface area contributed by atoms with Gasteiger partial charge in [-0.3, -0.25) is 9.69 Å². The van der Waals surface area contributed by atoms with Crippen LogP contribution < -0.4 is 15.2 Å². The van der Waals surface area contributed by atoms with Gasteiger partial charge in [0.25, 0.3) is 5.56 Å². The zero-order valence-electron chi connectivity index (χ0n) is 15.9. The standard InChI is InChI=1S/C19H26N6O2/c1-23-13-22-14(9-19(23)26)11-24-7-5-16(6-8-24)25(15-3-4-15)17-10-18(27-2)21-12-20-17/h9-10,12-13,15-16H,3-8,11H2,1-2H3. The molecule has 2 aromatic heterocycles. The van der Waals surface area contributed by atoms with Crippen LogP contribution in [0.15, 0.2) is 29.6 Å². The lowest BCUT2D eigenvalue weighted by molar-refractivity contribution is 0.198. The summed E-state index contributed by atoms with van der Waals surface area (Å²) in [7, 11) is 3.36. The van der Waals surface area contributed by atoms with E-state index in [1.54, 1.807) is 32.9 Å². The van der Waals surface area contributed by atoms with Crippen molar-refractivity contribution < 1.29 is 4.74 Å². The van der Waals surface area contributed by atoms with E-state index in [-0.39, 0.29) is 5.56 Å². The van der Waals surface area contributed by atoms with E-state index in [1.165, 1.54) is 17.4 Å². The first-order chi connectivity index (χ1) is 13.1. The third-order valence-corrected chi connectivity index (χ3v) is 5.41. The quantitative estimate of drug-likeness (QED) is 0.756. The van der Waals surface area contributed by atoms with Crippen LogP contribution in [-0.4, -0.2) is 56.7 Å². The number of nitrogens with zero attached hydrogens (tertiary/aromatic N) is 6. The summed E-state index contributed by atoms with van der Waals surface area (Å²) in [5.41, 5.74) is 0.837. The monoisotopic (exact) mass is 370 g/mol. The van der Waals surface area contributed by atoms with E-state index >= 15 is 0 Å². The molecule has 8 heteroatoms. The molecule has 0 N–H and O–H groups in total. The predicted molar refractivity (Wildman–Crippen MR) is 102 cm³/mol. The highest BCUT2D eigenvalue weighted by Crippen LogP contribution is 2.36. The SMILES string of the molecule is COc1cc(N(C2CC2)C2CCN(Cc3cc(=O)n(C)cn3)CC2)ncn1. The number of likely N-dealkylation sites (tertiary alicyclic amines) is 1. The molecular formula is C19H26N6O2. The number of ether oxygens (including phenoxy) is 1. The lowest BCUT2D eigenvalue weighted by Crippen LogP contribution is -2.46. The van der Waals surface area contributed by atoms with Crippen LogP contribution in [0.2, 0.25) is 0 Å². The van der Waals surface area contributed by atoms with Crippen molar-refractivity contribution in [1.29, 1.82) is 0 Å². The van der Waals surface area contributed by atoms with E-state index in [0.29, 0.717) is 18.0 Å². The van der Waals surface area contributed by atoms with E-state index in [4.69, 9.17) is 4.74 Å². The lowest BCUT2D eigenvalue weighted by atomic mass is 10.0. The fraction of sp³-hybridized carbons (Fsp3) is 0.579. The number of hydrogen-bond acceptors (Lipinski definition) is 7. The minimum atomic E-state index is -0.00694. The minimum Gasteiger partial charge on any atom is -0.481 e. The minimum absolute atomic E-state index is 0.00694. The Morgan fingerprint density at radius 3 is 2.52 bits per heavy atom. The van der Waals surface area contributed by atoms with Crippen LogP contribution in [0.3, 0.4) is 0 Å². The van der Waals surface area contributed by atoms with Crippen molar-refractivity contribution in [3.63, 3.8) is 0 Å². The van der Waals surface area contributed by atoms with Crippen molar-refractivity contribution in [2.75, 3.05) is 25.1 Å². The number of piperidine rings is 1. The Hall–Kier alpha value is -2.48. The normalized spacial score (nSPS) is 18.4. The van der Waals surface area contributed by atoms with Gasteiger partial charge in [0.2, 0.25) is 5.88 Å². The summed E-state index contributed by atoms with van der Waals surface area (Å²) in [6.45, 7) is 2.72. The maximum atomic E-state index is 11.8. The summed E-state index contributed by atoms with van der Waals surface area (Å²) in [4.78, 5) is 29.6. The summed E-state index contributed by atoms with van der Waals surface area (Å²) in [5, 5.41) is 0. The molecule has 2 aliphatic rings. The topological polar surface area (TPSA) is 76.4 Å². The zero-order valence-corrected chi connectivity index (χ0v) is 15.9. The number of anilines is 1. The van der Waals surface area contributed by atoms with Gasteiger partial charge in [0.1, 0.15) is 12.1 Å². The molecule has 3 heterocycles. The molecule has 2 fully saturated rings. The van der Waals surface area contributed by atoms with Gasteiger partial charge in [-0.25, -0.2) is 15.0 Å². The van der Waals surface area contributed by atoms with Gasteiger partial charge in [0.15, 0.2) is 0 Å². The molecular weight excluding hydrogens is 344 g/mol. The van der Waals surface area contributed by atoms with E-state index in [1.807, 2.05) is 6.07 Å². The Balaban J connectivity index is 1.41. The molecule has 0 radical (unpaired) electrons. The fourth-order valence-electron chi connectivity index (χ4n) is 3.78. The molecule has 8 nitrogen and oxygen atoms in total. The number of aryl methyl sites for hydroxylation is 1. The molecule has 27 heavy (non-hydrogen) atoms. The van der Waals surface area contributed by atoms with E-state index in [9.17, 15) is 4.79 Å². The van der Waals surface area contributed by atoms with Crippen LogP contribution in [0.25, 0.3) is 0 Å². The summed E-state index contributed by atoms with van der Waals surface area (Å²) in [6, 6.07) is 4.63. The average molecular weight is 370 g/mol. The van der Waals surface area contributed by atoms with E-state index < -0.39 is 0 Å². The molecule has 1 aliphatic carbocycles. The van der Waals surface area contributed by atoms with Crippen molar-refractivity contribution in [2.24, 2.45) is 7.05 Å². The first-order valence-corrected chi connectivity index (χ1v) is 9.52. The number of rotatable bonds is 6. The van der Waals surface area contributed by atoms with Gasteiger partial charge in [-0.05, 0) is 25.7 Å². The Morgan fingerprint density at radius 2 is 1.85 bits per heavy atom. The Kier molecular flexibility index (Phi) is 5.07.